The number of hydrogen-bond donors (Lipinski definition) is 2. The maximum Gasteiger partial charge on any atom is -0.00489 e. The second kappa shape index (κ2) is 12.9. The molecule has 0 saturated heterocycles. The molecule has 0 bridgehead atoms. The van der Waals surface area contributed by atoms with Crippen LogP contribution in [0.4, 0.5) is 0 Å². The zero-order chi connectivity index (χ0) is 10.5. The van der Waals surface area contributed by atoms with Crippen molar-refractivity contribution in [1.82, 2.24) is 10.6 Å². The van der Waals surface area contributed by atoms with Gasteiger partial charge in [0.1, 0.15) is 0 Å². The Morgan fingerprint density at radius 2 is 1.21 bits per heavy atom. The van der Waals surface area contributed by atoms with E-state index in [-0.39, 0.29) is 0 Å². The fourth-order valence-corrected chi connectivity index (χ4v) is 1.48. The van der Waals surface area contributed by atoms with Crippen molar-refractivity contribution in [3.63, 3.8) is 0 Å². The molecule has 0 aliphatic heterocycles. The summed E-state index contributed by atoms with van der Waals surface area (Å²) in [5.74, 6) is 0. The van der Waals surface area contributed by atoms with Gasteiger partial charge in [0.2, 0.25) is 0 Å². The maximum atomic E-state index is 3.49. The molecule has 0 saturated carbocycles. The SMILES string of the molecule is CCCCCNCCCCCNCC. The second-order valence-electron chi connectivity index (χ2n) is 3.87. The van der Waals surface area contributed by atoms with Crippen LogP contribution < -0.4 is 10.6 Å². The molecule has 2 N–H and O–H groups in total. The van der Waals surface area contributed by atoms with Crippen molar-refractivity contribution in [2.75, 3.05) is 26.2 Å². The first-order valence-corrected chi connectivity index (χ1v) is 6.33. The minimum absolute atomic E-state index is 1.11. The van der Waals surface area contributed by atoms with Gasteiger partial charge in [-0.3, -0.25) is 0 Å². The molecule has 0 radical (unpaired) electrons. The van der Waals surface area contributed by atoms with E-state index in [9.17, 15) is 0 Å². The first-order chi connectivity index (χ1) is 6.91. The Hall–Kier alpha value is -0.0800. The van der Waals surface area contributed by atoms with Gasteiger partial charge in [-0.05, 0) is 45.4 Å². The Bertz CT molecular complexity index is 82.3. The number of hydrogen-bond acceptors (Lipinski definition) is 2. The van der Waals surface area contributed by atoms with Crippen LogP contribution >= 0.6 is 0 Å². The Morgan fingerprint density at radius 1 is 0.643 bits per heavy atom. The maximum absolute atomic E-state index is 3.49. The molecule has 0 aliphatic carbocycles. The number of rotatable bonds is 11. The van der Waals surface area contributed by atoms with E-state index >= 15 is 0 Å². The van der Waals surface area contributed by atoms with Crippen LogP contribution in [0, 0.1) is 0 Å². The lowest BCUT2D eigenvalue weighted by Gasteiger charge is -2.04. The summed E-state index contributed by atoms with van der Waals surface area (Å²) in [5.41, 5.74) is 0. The van der Waals surface area contributed by atoms with Crippen molar-refractivity contribution in [2.45, 2.75) is 52.4 Å². The lowest BCUT2D eigenvalue weighted by atomic mass is 10.2. The molecule has 0 rings (SSSR count). The fraction of sp³-hybridized carbons (Fsp3) is 1.00. The summed E-state index contributed by atoms with van der Waals surface area (Å²) in [5, 5.41) is 6.84. The predicted octanol–water partition coefficient (Wildman–Crippen LogP) is 2.55. The summed E-state index contributed by atoms with van der Waals surface area (Å²) in [6.07, 6.45) is 8.04. The molecular formula is C12H28N2. The van der Waals surface area contributed by atoms with E-state index in [1.54, 1.807) is 0 Å². The third-order valence-electron chi connectivity index (χ3n) is 2.41. The van der Waals surface area contributed by atoms with Gasteiger partial charge in [-0.1, -0.05) is 33.1 Å². The zero-order valence-electron chi connectivity index (χ0n) is 10.1. The first kappa shape index (κ1) is 13.9. The Balaban J connectivity index is 2.78. The molecule has 86 valence electrons. The summed E-state index contributed by atoms with van der Waals surface area (Å²) in [4.78, 5) is 0. The van der Waals surface area contributed by atoms with Gasteiger partial charge in [0.25, 0.3) is 0 Å². The van der Waals surface area contributed by atoms with Crippen LogP contribution in [0.3, 0.4) is 0 Å². The van der Waals surface area contributed by atoms with Gasteiger partial charge in [-0.2, -0.15) is 0 Å². The van der Waals surface area contributed by atoms with Gasteiger partial charge in [-0.15, -0.1) is 0 Å². The molecule has 14 heavy (non-hydrogen) atoms. The van der Waals surface area contributed by atoms with Crippen LogP contribution in [0.2, 0.25) is 0 Å². The van der Waals surface area contributed by atoms with E-state index in [4.69, 9.17) is 0 Å². The van der Waals surface area contributed by atoms with E-state index in [2.05, 4.69) is 24.5 Å². The summed E-state index contributed by atoms with van der Waals surface area (Å²) in [7, 11) is 0. The van der Waals surface area contributed by atoms with Crippen molar-refractivity contribution in [3.05, 3.63) is 0 Å². The second-order valence-corrected chi connectivity index (χ2v) is 3.87. The Labute approximate surface area is 89.9 Å². The van der Waals surface area contributed by atoms with E-state index in [1.807, 2.05) is 0 Å². The molecule has 0 atom stereocenters. The monoisotopic (exact) mass is 200 g/mol. The van der Waals surface area contributed by atoms with Crippen LogP contribution in [-0.2, 0) is 0 Å². The summed E-state index contributed by atoms with van der Waals surface area (Å²) in [6.45, 7) is 9.12. The summed E-state index contributed by atoms with van der Waals surface area (Å²) in [6, 6.07) is 0. The molecule has 0 unspecified atom stereocenters. The van der Waals surface area contributed by atoms with Crippen LogP contribution in [0.5, 0.6) is 0 Å². The predicted molar refractivity (Wildman–Crippen MR) is 64.8 cm³/mol. The van der Waals surface area contributed by atoms with Crippen molar-refractivity contribution in [1.29, 1.82) is 0 Å². The van der Waals surface area contributed by atoms with Crippen molar-refractivity contribution in [3.8, 4) is 0 Å². The standard InChI is InChI=1S/C12H28N2/c1-3-5-7-11-14-12-9-6-8-10-13-4-2/h13-14H,3-12H2,1-2H3. The average Bonchev–Trinajstić information content (AvgIpc) is 2.21. The quantitative estimate of drug-likeness (QED) is 0.501. The van der Waals surface area contributed by atoms with Gasteiger partial charge in [-0.25, -0.2) is 0 Å². The van der Waals surface area contributed by atoms with E-state index in [1.165, 1.54) is 58.2 Å². The molecule has 0 spiro atoms. The Morgan fingerprint density at radius 3 is 1.79 bits per heavy atom. The normalized spacial score (nSPS) is 10.7. The molecule has 0 amide bonds. The minimum atomic E-state index is 1.11. The van der Waals surface area contributed by atoms with Gasteiger partial charge in [0.05, 0.1) is 0 Å². The van der Waals surface area contributed by atoms with Crippen LogP contribution in [0.15, 0.2) is 0 Å². The molecule has 0 aromatic rings. The van der Waals surface area contributed by atoms with Crippen LogP contribution in [0.25, 0.3) is 0 Å². The highest BCUT2D eigenvalue weighted by Crippen LogP contribution is 1.94. The van der Waals surface area contributed by atoms with Crippen LogP contribution in [-0.4, -0.2) is 26.2 Å². The molecule has 0 aromatic heterocycles. The highest BCUT2D eigenvalue weighted by molar-refractivity contribution is 4.51. The molecule has 0 aromatic carbocycles. The van der Waals surface area contributed by atoms with Crippen molar-refractivity contribution in [2.24, 2.45) is 0 Å². The van der Waals surface area contributed by atoms with Gasteiger partial charge in [0.15, 0.2) is 0 Å². The first-order valence-electron chi connectivity index (χ1n) is 6.33. The van der Waals surface area contributed by atoms with E-state index in [0.29, 0.717) is 0 Å². The highest BCUT2D eigenvalue weighted by Gasteiger charge is 1.89. The molecule has 0 heterocycles. The number of unbranched alkanes of at least 4 members (excludes halogenated alkanes) is 4. The lowest BCUT2D eigenvalue weighted by Crippen LogP contribution is -2.17. The van der Waals surface area contributed by atoms with E-state index < -0.39 is 0 Å². The lowest BCUT2D eigenvalue weighted by molar-refractivity contribution is 0.562. The Kier molecular flexibility index (Phi) is 12.8. The number of nitrogens with one attached hydrogen (secondary N) is 2. The molecular weight excluding hydrogens is 172 g/mol. The third-order valence-corrected chi connectivity index (χ3v) is 2.41. The molecule has 0 aliphatic rings. The van der Waals surface area contributed by atoms with Gasteiger partial charge >= 0.3 is 0 Å². The molecule has 2 nitrogen and oxygen atoms in total. The van der Waals surface area contributed by atoms with Crippen LogP contribution in [0.1, 0.15) is 52.4 Å². The summed E-state index contributed by atoms with van der Waals surface area (Å²) < 4.78 is 0. The smallest absolute Gasteiger partial charge is 0.00489 e. The van der Waals surface area contributed by atoms with E-state index in [0.717, 1.165) is 6.54 Å². The fourth-order valence-electron chi connectivity index (χ4n) is 1.48. The molecule has 2 heteroatoms. The summed E-state index contributed by atoms with van der Waals surface area (Å²) >= 11 is 0. The highest BCUT2D eigenvalue weighted by atomic mass is 14.8. The van der Waals surface area contributed by atoms with Gasteiger partial charge < -0.3 is 10.6 Å². The average molecular weight is 200 g/mol. The zero-order valence-corrected chi connectivity index (χ0v) is 10.1. The van der Waals surface area contributed by atoms with Crippen molar-refractivity contribution < 1.29 is 0 Å². The minimum Gasteiger partial charge on any atom is -0.317 e. The molecule has 0 fully saturated rings. The van der Waals surface area contributed by atoms with Gasteiger partial charge in [0, 0.05) is 0 Å². The third kappa shape index (κ3) is 11.9. The largest absolute Gasteiger partial charge is 0.317 e. The van der Waals surface area contributed by atoms with Crippen molar-refractivity contribution >= 4 is 0 Å². The topological polar surface area (TPSA) is 24.1 Å².